The molecule has 0 radical (unpaired) electrons. The lowest BCUT2D eigenvalue weighted by Gasteiger charge is -2.26. The van der Waals surface area contributed by atoms with Gasteiger partial charge in [0.2, 0.25) is 5.28 Å². The minimum atomic E-state index is -2.65. The second kappa shape index (κ2) is 10.6. The van der Waals surface area contributed by atoms with Gasteiger partial charge in [-0.05, 0) is 22.7 Å². The fraction of sp³-hybridized carbons (Fsp3) is 0.333. The first-order valence-corrected chi connectivity index (χ1v) is 12.1. The number of rotatable bonds is 10. The molecule has 204 valence electrons. The van der Waals surface area contributed by atoms with E-state index < -0.39 is 49.1 Å². The molecule has 1 fully saturated rings. The number of nitrogens with two attached hydrogens (primary N) is 1. The number of fused-ring (bicyclic) bond motifs is 1. The number of ether oxygens (including phenoxy) is 2. The standard InChI is InChI=1S/C24H23ClFN7O6/c25-23-30-18(27)17-19(31-23)33(12-28-17)20-16(26)6-15(39-20)11-38-24(21(34)35,22(36)37)7-14-8-29-32(10-14)9-13-4-2-1-3-5-13/h1-5,8,10,12,15-16,20H,6-7,9,11H2,(H,34,35)(H,36,37)(H2,27,30,31). The highest BCUT2D eigenvalue weighted by Gasteiger charge is 2.50. The van der Waals surface area contributed by atoms with E-state index in [2.05, 4.69) is 20.1 Å². The number of alkyl halides is 1. The van der Waals surface area contributed by atoms with Crippen molar-refractivity contribution in [2.45, 2.75) is 43.5 Å². The molecule has 4 N–H and O–H groups in total. The van der Waals surface area contributed by atoms with E-state index in [0.717, 1.165) is 5.56 Å². The summed E-state index contributed by atoms with van der Waals surface area (Å²) in [4.78, 5) is 36.3. The molecule has 13 nitrogen and oxygen atoms in total. The number of nitrogen functional groups attached to an aromatic ring is 1. The zero-order chi connectivity index (χ0) is 27.7. The van der Waals surface area contributed by atoms with E-state index in [1.165, 1.54) is 17.1 Å². The van der Waals surface area contributed by atoms with Crippen molar-refractivity contribution in [1.29, 1.82) is 0 Å². The summed E-state index contributed by atoms with van der Waals surface area (Å²) in [5.74, 6) is -3.41. The van der Waals surface area contributed by atoms with Crippen LogP contribution >= 0.6 is 11.6 Å². The predicted octanol–water partition coefficient (Wildman–Crippen LogP) is 2.10. The van der Waals surface area contributed by atoms with Gasteiger partial charge in [0, 0.05) is 19.0 Å². The van der Waals surface area contributed by atoms with Crippen LogP contribution in [0.5, 0.6) is 0 Å². The van der Waals surface area contributed by atoms with Crippen molar-refractivity contribution in [2.75, 3.05) is 12.3 Å². The molecule has 1 aromatic carbocycles. The zero-order valence-electron chi connectivity index (χ0n) is 20.2. The van der Waals surface area contributed by atoms with Crippen molar-refractivity contribution in [2.24, 2.45) is 0 Å². The molecule has 39 heavy (non-hydrogen) atoms. The molecule has 1 aliphatic heterocycles. The fourth-order valence-electron chi connectivity index (χ4n) is 4.44. The Bertz CT molecular complexity index is 1500. The number of imidazole rings is 1. The highest BCUT2D eigenvalue weighted by molar-refractivity contribution is 6.28. The van der Waals surface area contributed by atoms with Gasteiger partial charge >= 0.3 is 11.9 Å². The van der Waals surface area contributed by atoms with Gasteiger partial charge in [-0.3, -0.25) is 9.25 Å². The summed E-state index contributed by atoms with van der Waals surface area (Å²) in [6, 6.07) is 9.43. The molecular weight excluding hydrogens is 537 g/mol. The van der Waals surface area contributed by atoms with Gasteiger partial charge in [0.25, 0.3) is 5.60 Å². The SMILES string of the molecule is Nc1nc(Cl)nc2c1ncn2C1OC(COC(Cc2cnn(Cc3ccccc3)c2)(C(=O)O)C(=O)O)CC1F. The number of carbonyl (C=O) groups is 2. The summed E-state index contributed by atoms with van der Waals surface area (Å²) in [6.45, 7) is -0.0904. The number of hydrogen-bond acceptors (Lipinski definition) is 9. The van der Waals surface area contributed by atoms with Gasteiger partial charge in [-0.2, -0.15) is 15.1 Å². The first-order valence-electron chi connectivity index (χ1n) is 11.8. The van der Waals surface area contributed by atoms with Gasteiger partial charge in [0.15, 0.2) is 17.7 Å². The minimum absolute atomic E-state index is 0.0110. The fourth-order valence-corrected chi connectivity index (χ4v) is 4.62. The molecule has 0 saturated carbocycles. The molecule has 0 spiro atoms. The van der Waals surface area contributed by atoms with E-state index in [4.69, 9.17) is 26.8 Å². The topological polar surface area (TPSA) is 180 Å². The van der Waals surface area contributed by atoms with Crippen molar-refractivity contribution in [3.8, 4) is 0 Å². The van der Waals surface area contributed by atoms with E-state index in [0.29, 0.717) is 12.1 Å². The number of benzene rings is 1. The average Bonchev–Trinajstić information content (AvgIpc) is 3.60. The van der Waals surface area contributed by atoms with Crippen LogP contribution in [0.4, 0.5) is 10.2 Å². The zero-order valence-corrected chi connectivity index (χ0v) is 21.0. The van der Waals surface area contributed by atoms with Gasteiger partial charge in [-0.25, -0.2) is 19.0 Å². The van der Waals surface area contributed by atoms with Crippen LogP contribution in [0.25, 0.3) is 11.2 Å². The highest BCUT2D eigenvalue weighted by atomic mass is 35.5. The molecule has 3 aromatic heterocycles. The summed E-state index contributed by atoms with van der Waals surface area (Å²) in [5, 5.41) is 23.8. The van der Waals surface area contributed by atoms with Gasteiger partial charge in [-0.1, -0.05) is 30.3 Å². The summed E-state index contributed by atoms with van der Waals surface area (Å²) in [5.41, 5.74) is 4.81. The van der Waals surface area contributed by atoms with E-state index in [9.17, 15) is 19.8 Å². The van der Waals surface area contributed by atoms with Crippen LogP contribution in [0.2, 0.25) is 5.28 Å². The van der Waals surface area contributed by atoms with Crippen molar-refractivity contribution in [3.05, 3.63) is 65.5 Å². The molecule has 15 heteroatoms. The number of halogens is 2. The third kappa shape index (κ3) is 5.26. The van der Waals surface area contributed by atoms with Crippen molar-refractivity contribution in [1.82, 2.24) is 29.3 Å². The number of carboxylic acids is 2. The lowest BCUT2D eigenvalue weighted by molar-refractivity contribution is -0.188. The highest BCUT2D eigenvalue weighted by Crippen LogP contribution is 2.35. The molecule has 0 bridgehead atoms. The summed E-state index contributed by atoms with van der Waals surface area (Å²) in [6.07, 6.45) is -0.213. The first kappa shape index (κ1) is 26.5. The lowest BCUT2D eigenvalue weighted by Crippen LogP contribution is -2.52. The number of nitrogens with zero attached hydrogens (tertiary/aromatic N) is 6. The molecule has 1 aliphatic rings. The summed E-state index contributed by atoms with van der Waals surface area (Å²) in [7, 11) is 0. The molecule has 5 rings (SSSR count). The third-order valence-electron chi connectivity index (χ3n) is 6.36. The molecule has 0 amide bonds. The number of aliphatic carboxylic acids is 2. The second-order valence-corrected chi connectivity index (χ2v) is 9.40. The van der Waals surface area contributed by atoms with Gasteiger partial charge in [0.05, 0.1) is 31.8 Å². The number of anilines is 1. The normalized spacial score (nSPS) is 19.5. The van der Waals surface area contributed by atoms with E-state index >= 15 is 4.39 Å². The van der Waals surface area contributed by atoms with E-state index in [1.54, 1.807) is 10.9 Å². The molecule has 4 heterocycles. The maximum atomic E-state index is 15.0. The van der Waals surface area contributed by atoms with E-state index in [1.807, 2.05) is 30.3 Å². The van der Waals surface area contributed by atoms with Crippen LogP contribution in [0.3, 0.4) is 0 Å². The van der Waals surface area contributed by atoms with Crippen molar-refractivity contribution >= 4 is 40.5 Å². The van der Waals surface area contributed by atoms with Crippen LogP contribution < -0.4 is 5.73 Å². The number of carboxylic acid groups (broad SMARTS) is 2. The molecule has 3 unspecified atom stereocenters. The molecular formula is C24H23ClFN7O6. The Morgan fingerprint density at radius 1 is 1.21 bits per heavy atom. The Morgan fingerprint density at radius 2 is 1.95 bits per heavy atom. The second-order valence-electron chi connectivity index (χ2n) is 9.06. The van der Waals surface area contributed by atoms with Gasteiger partial charge in [0.1, 0.15) is 11.7 Å². The lowest BCUT2D eigenvalue weighted by atomic mass is 9.96. The monoisotopic (exact) mass is 559 g/mol. The van der Waals surface area contributed by atoms with Crippen LogP contribution in [0.1, 0.15) is 23.8 Å². The Kier molecular flexibility index (Phi) is 7.16. The van der Waals surface area contributed by atoms with Crippen molar-refractivity contribution in [3.63, 3.8) is 0 Å². The summed E-state index contributed by atoms with van der Waals surface area (Å²) < 4.78 is 29.1. The maximum absolute atomic E-state index is 15.0. The van der Waals surface area contributed by atoms with Crippen LogP contribution in [-0.4, -0.2) is 75.9 Å². The maximum Gasteiger partial charge on any atom is 0.348 e. The minimum Gasteiger partial charge on any atom is -0.479 e. The van der Waals surface area contributed by atoms with Gasteiger partial charge < -0.3 is 25.4 Å². The number of aromatic nitrogens is 6. The third-order valence-corrected chi connectivity index (χ3v) is 6.53. The predicted molar refractivity (Wildman–Crippen MR) is 134 cm³/mol. The van der Waals surface area contributed by atoms with Crippen LogP contribution in [0, 0.1) is 0 Å². The van der Waals surface area contributed by atoms with Crippen LogP contribution in [0.15, 0.2) is 49.1 Å². The average molecular weight is 560 g/mol. The molecule has 1 saturated heterocycles. The quantitative estimate of drug-likeness (QED) is 0.191. The smallest absolute Gasteiger partial charge is 0.348 e. The molecule has 4 aromatic rings. The Balaban J connectivity index is 1.30. The Hall–Kier alpha value is -4.14. The van der Waals surface area contributed by atoms with Crippen LogP contribution in [-0.2, 0) is 32.0 Å². The first-order chi connectivity index (χ1) is 18.7. The summed E-state index contributed by atoms with van der Waals surface area (Å²) >= 11 is 5.88. The molecule has 0 aliphatic carbocycles. The van der Waals surface area contributed by atoms with Gasteiger partial charge in [-0.15, -0.1) is 0 Å². The van der Waals surface area contributed by atoms with E-state index in [-0.39, 0.29) is 28.7 Å². The largest absolute Gasteiger partial charge is 0.479 e. The Morgan fingerprint density at radius 3 is 2.67 bits per heavy atom. The molecule has 3 atom stereocenters. The Labute approximate surface area is 225 Å². The van der Waals surface area contributed by atoms with Crippen molar-refractivity contribution < 1.29 is 33.7 Å². The number of hydrogen-bond donors (Lipinski definition) is 3.